The third kappa shape index (κ3) is 4.87. The van der Waals surface area contributed by atoms with Gasteiger partial charge in [0.1, 0.15) is 0 Å². The molecule has 2 rings (SSSR count). The lowest BCUT2D eigenvalue weighted by Gasteiger charge is -2.19. The first-order valence-corrected chi connectivity index (χ1v) is 6.63. The number of hydrogen-bond acceptors (Lipinski definition) is 2. The van der Waals surface area contributed by atoms with Crippen molar-refractivity contribution in [2.45, 2.75) is 37.9 Å². The van der Waals surface area contributed by atoms with E-state index in [4.69, 9.17) is 5.73 Å². The van der Waals surface area contributed by atoms with E-state index in [2.05, 4.69) is 4.90 Å². The maximum absolute atomic E-state index is 12.1. The van der Waals surface area contributed by atoms with E-state index in [1.54, 1.807) is 0 Å². The summed E-state index contributed by atoms with van der Waals surface area (Å²) in [5.41, 5.74) is 7.69. The lowest BCUT2D eigenvalue weighted by atomic mass is 10.0. The molecule has 0 aliphatic carbocycles. The van der Waals surface area contributed by atoms with Crippen molar-refractivity contribution in [1.82, 2.24) is 0 Å². The fourth-order valence-electron chi connectivity index (χ4n) is 2.39. The zero-order chi connectivity index (χ0) is 13.9. The van der Waals surface area contributed by atoms with Crippen LogP contribution in [0, 0.1) is 0 Å². The molecule has 0 spiro atoms. The summed E-state index contributed by atoms with van der Waals surface area (Å²) < 4.78 is 36.4. The van der Waals surface area contributed by atoms with Gasteiger partial charge in [-0.05, 0) is 37.0 Å². The van der Waals surface area contributed by atoms with Crippen molar-refractivity contribution in [3.05, 3.63) is 29.8 Å². The number of hydrogen-bond donors (Lipinski definition) is 1. The van der Waals surface area contributed by atoms with E-state index >= 15 is 0 Å². The average Bonchev–Trinajstić information content (AvgIpc) is 2.89. The lowest BCUT2D eigenvalue weighted by Crippen LogP contribution is -2.18. The number of halogens is 4. The van der Waals surface area contributed by atoms with Gasteiger partial charge in [0.25, 0.3) is 0 Å². The summed E-state index contributed by atoms with van der Waals surface area (Å²) in [5, 5.41) is 0. The predicted molar refractivity (Wildman–Crippen MR) is 77.4 cm³/mol. The highest BCUT2D eigenvalue weighted by Gasteiger charge is 2.27. The van der Waals surface area contributed by atoms with Crippen LogP contribution in [0.4, 0.5) is 18.9 Å². The molecule has 6 heteroatoms. The van der Waals surface area contributed by atoms with E-state index in [-0.39, 0.29) is 18.8 Å². The Morgan fingerprint density at radius 2 is 1.65 bits per heavy atom. The number of rotatable bonds is 4. The highest BCUT2D eigenvalue weighted by atomic mass is 35.5. The first-order valence-electron chi connectivity index (χ1n) is 6.63. The van der Waals surface area contributed by atoms with Gasteiger partial charge >= 0.3 is 6.18 Å². The van der Waals surface area contributed by atoms with Crippen LogP contribution in [-0.4, -0.2) is 19.3 Å². The van der Waals surface area contributed by atoms with Gasteiger partial charge in [-0.1, -0.05) is 12.1 Å². The molecule has 0 saturated carbocycles. The molecule has 114 valence electrons. The molecule has 1 fully saturated rings. The topological polar surface area (TPSA) is 29.3 Å². The quantitative estimate of drug-likeness (QED) is 0.909. The molecule has 2 N–H and O–H groups in total. The summed E-state index contributed by atoms with van der Waals surface area (Å²) >= 11 is 0. The third-order valence-corrected chi connectivity index (χ3v) is 3.53. The van der Waals surface area contributed by atoms with E-state index in [0.29, 0.717) is 0 Å². The number of anilines is 1. The standard InChI is InChI=1S/C14H19F3N2.ClH/c15-14(16,17)8-7-13(18)11-3-5-12(6-4-11)19-9-1-2-10-19;/h3-6,13H,1-2,7-10,18H2;1H/t13-;/m1./s1. The van der Waals surface area contributed by atoms with Crippen LogP contribution in [0.25, 0.3) is 0 Å². The zero-order valence-corrected chi connectivity index (χ0v) is 12.0. The fourth-order valence-corrected chi connectivity index (χ4v) is 2.39. The maximum atomic E-state index is 12.1. The minimum absolute atomic E-state index is 0. The first-order chi connectivity index (χ1) is 8.96. The Morgan fingerprint density at radius 1 is 1.10 bits per heavy atom. The zero-order valence-electron chi connectivity index (χ0n) is 11.2. The van der Waals surface area contributed by atoms with Gasteiger partial charge in [0.15, 0.2) is 0 Å². The van der Waals surface area contributed by atoms with Gasteiger partial charge in [0.2, 0.25) is 0 Å². The molecule has 20 heavy (non-hydrogen) atoms. The van der Waals surface area contributed by atoms with Crippen LogP contribution < -0.4 is 10.6 Å². The second kappa shape index (κ2) is 7.18. The third-order valence-electron chi connectivity index (χ3n) is 3.53. The number of nitrogens with two attached hydrogens (primary N) is 1. The number of alkyl halides is 3. The molecule has 1 saturated heterocycles. The highest BCUT2D eigenvalue weighted by Crippen LogP contribution is 2.27. The van der Waals surface area contributed by atoms with Crippen LogP contribution in [0.1, 0.15) is 37.3 Å². The smallest absolute Gasteiger partial charge is 0.372 e. The summed E-state index contributed by atoms with van der Waals surface area (Å²) in [7, 11) is 0. The Bertz CT molecular complexity index is 400. The number of benzene rings is 1. The SMILES string of the molecule is Cl.N[C@H](CCC(F)(F)F)c1ccc(N2CCCC2)cc1. The van der Waals surface area contributed by atoms with Gasteiger partial charge in [-0.15, -0.1) is 12.4 Å². The Labute approximate surface area is 123 Å². The number of nitrogens with zero attached hydrogens (tertiary/aromatic N) is 1. The van der Waals surface area contributed by atoms with Crippen LogP contribution >= 0.6 is 12.4 Å². The summed E-state index contributed by atoms with van der Waals surface area (Å²) in [6, 6.07) is 7.04. The van der Waals surface area contributed by atoms with Crippen molar-refractivity contribution < 1.29 is 13.2 Å². The predicted octanol–water partition coefficient (Wildman–Crippen LogP) is 4.05. The van der Waals surface area contributed by atoms with Crippen LogP contribution in [-0.2, 0) is 0 Å². The van der Waals surface area contributed by atoms with E-state index in [0.717, 1.165) is 24.3 Å². The molecule has 0 unspecified atom stereocenters. The maximum Gasteiger partial charge on any atom is 0.389 e. The van der Waals surface area contributed by atoms with Crippen molar-refractivity contribution in [3.63, 3.8) is 0 Å². The van der Waals surface area contributed by atoms with Gasteiger partial charge < -0.3 is 10.6 Å². The van der Waals surface area contributed by atoms with E-state index in [1.165, 1.54) is 12.8 Å². The van der Waals surface area contributed by atoms with E-state index in [9.17, 15) is 13.2 Å². The molecule has 1 aromatic rings. The minimum atomic E-state index is -4.13. The van der Waals surface area contributed by atoms with Crippen molar-refractivity contribution in [2.75, 3.05) is 18.0 Å². The molecular formula is C14H20ClF3N2. The molecule has 0 bridgehead atoms. The molecule has 1 aliphatic rings. The molecular weight excluding hydrogens is 289 g/mol. The summed E-state index contributed by atoms with van der Waals surface area (Å²) in [5.74, 6) is 0. The van der Waals surface area contributed by atoms with Gasteiger partial charge in [-0.25, -0.2) is 0 Å². The lowest BCUT2D eigenvalue weighted by molar-refractivity contribution is -0.136. The monoisotopic (exact) mass is 308 g/mol. The Kier molecular flexibility index (Phi) is 6.14. The van der Waals surface area contributed by atoms with Crippen molar-refractivity contribution in [1.29, 1.82) is 0 Å². The van der Waals surface area contributed by atoms with E-state index in [1.807, 2.05) is 24.3 Å². The summed E-state index contributed by atoms with van der Waals surface area (Å²) in [4.78, 5) is 2.28. The normalized spacial score (nSPS) is 16.9. The summed E-state index contributed by atoms with van der Waals surface area (Å²) in [6.07, 6.45) is -2.62. The van der Waals surface area contributed by atoms with Crippen molar-refractivity contribution in [3.8, 4) is 0 Å². The summed E-state index contributed by atoms with van der Waals surface area (Å²) in [6.45, 7) is 2.11. The molecule has 0 aromatic heterocycles. The molecule has 0 radical (unpaired) electrons. The second-order valence-electron chi connectivity index (χ2n) is 5.05. The Morgan fingerprint density at radius 3 is 2.15 bits per heavy atom. The highest BCUT2D eigenvalue weighted by molar-refractivity contribution is 5.85. The molecule has 1 heterocycles. The fraction of sp³-hybridized carbons (Fsp3) is 0.571. The van der Waals surface area contributed by atoms with Gasteiger partial charge in [0.05, 0.1) is 0 Å². The minimum Gasteiger partial charge on any atom is -0.372 e. The molecule has 0 amide bonds. The van der Waals surface area contributed by atoms with Crippen molar-refractivity contribution in [2.24, 2.45) is 5.73 Å². The van der Waals surface area contributed by atoms with Gasteiger partial charge in [-0.3, -0.25) is 0 Å². The van der Waals surface area contributed by atoms with Crippen molar-refractivity contribution >= 4 is 18.1 Å². The van der Waals surface area contributed by atoms with Crippen LogP contribution in [0.5, 0.6) is 0 Å². The van der Waals surface area contributed by atoms with E-state index < -0.39 is 18.6 Å². The molecule has 1 atom stereocenters. The van der Waals surface area contributed by atoms with Gasteiger partial charge in [0, 0.05) is 31.2 Å². The first kappa shape index (κ1) is 17.1. The van der Waals surface area contributed by atoms with Crippen LogP contribution in [0.15, 0.2) is 24.3 Å². The largest absolute Gasteiger partial charge is 0.389 e. The Balaban J connectivity index is 0.00000200. The van der Waals surface area contributed by atoms with Crippen LogP contribution in [0.3, 0.4) is 0 Å². The second-order valence-corrected chi connectivity index (χ2v) is 5.05. The Hall–Kier alpha value is -0.940. The molecule has 1 aliphatic heterocycles. The van der Waals surface area contributed by atoms with Crippen LogP contribution in [0.2, 0.25) is 0 Å². The molecule has 2 nitrogen and oxygen atoms in total. The van der Waals surface area contributed by atoms with Gasteiger partial charge in [-0.2, -0.15) is 13.2 Å². The average molecular weight is 309 g/mol. The molecule has 1 aromatic carbocycles.